The van der Waals surface area contributed by atoms with Crippen LogP contribution in [-0.4, -0.2) is 53.6 Å². The van der Waals surface area contributed by atoms with Gasteiger partial charge >= 0.3 is 0 Å². The normalized spacial score (nSPS) is 45.8. The van der Waals surface area contributed by atoms with Crippen LogP contribution in [-0.2, 0) is 9.47 Å². The minimum atomic E-state index is -1.15. The zero-order chi connectivity index (χ0) is 8.43. The molecule has 1 fully saturated rings. The Morgan fingerprint density at radius 1 is 1.36 bits per heavy atom. The Morgan fingerprint density at radius 3 is 2.45 bits per heavy atom. The van der Waals surface area contributed by atoms with Gasteiger partial charge in [0.05, 0.1) is 6.61 Å². The van der Waals surface area contributed by atoms with E-state index in [0.717, 1.165) is 0 Å². The van der Waals surface area contributed by atoms with Gasteiger partial charge in [0.2, 0.25) is 0 Å². The van der Waals surface area contributed by atoms with Crippen LogP contribution in [0.2, 0.25) is 0 Å². The summed E-state index contributed by atoms with van der Waals surface area (Å²) in [5, 5.41) is 27.3. The lowest BCUT2D eigenvalue weighted by molar-refractivity contribution is -0.258. The van der Waals surface area contributed by atoms with Crippen LogP contribution in [0.3, 0.4) is 0 Å². The summed E-state index contributed by atoms with van der Waals surface area (Å²) < 4.78 is 9.39. The van der Waals surface area contributed by atoms with Crippen LogP contribution in [0.15, 0.2) is 0 Å². The Bertz CT molecular complexity index is 128. The maximum absolute atomic E-state index is 9.19. The molecule has 0 spiro atoms. The predicted octanol–water partition coefficient (Wildman–Crippen LogP) is -1.93. The average molecular weight is 164 g/mol. The Morgan fingerprint density at radius 2 is 2.00 bits per heavy atom. The topological polar surface area (TPSA) is 79.2 Å². The highest BCUT2D eigenvalue weighted by molar-refractivity contribution is 4.82. The van der Waals surface area contributed by atoms with Gasteiger partial charge in [0.15, 0.2) is 6.29 Å². The van der Waals surface area contributed by atoms with E-state index in [0.29, 0.717) is 0 Å². The molecule has 5 heteroatoms. The molecule has 0 bridgehead atoms. The minimum Gasteiger partial charge on any atom is -0.388 e. The fourth-order valence-electron chi connectivity index (χ4n) is 1.03. The molecule has 0 aromatic heterocycles. The largest absolute Gasteiger partial charge is 0.388 e. The van der Waals surface area contributed by atoms with Crippen molar-refractivity contribution in [1.29, 1.82) is 0 Å². The summed E-state index contributed by atoms with van der Waals surface area (Å²) >= 11 is 0. The number of aliphatic hydroxyl groups excluding tert-OH is 3. The van der Waals surface area contributed by atoms with Gasteiger partial charge < -0.3 is 24.8 Å². The first-order valence-electron chi connectivity index (χ1n) is 3.35. The summed E-state index contributed by atoms with van der Waals surface area (Å²) in [7, 11) is 1.33. The number of hydrogen-bond acceptors (Lipinski definition) is 5. The fraction of sp³-hybridized carbons (Fsp3) is 1.00. The van der Waals surface area contributed by atoms with Crippen molar-refractivity contribution in [3.63, 3.8) is 0 Å². The SMILES string of the molecule is CO[C@H]1[C@H](O)[C@H](O)CO[C@@H]1O. The Balaban J connectivity index is 2.55. The molecule has 11 heavy (non-hydrogen) atoms. The summed E-state index contributed by atoms with van der Waals surface area (Å²) in [4.78, 5) is 0. The Hall–Kier alpha value is -0.200. The van der Waals surface area contributed by atoms with Crippen molar-refractivity contribution in [2.45, 2.75) is 24.6 Å². The molecule has 1 rings (SSSR count). The molecule has 1 heterocycles. The molecular formula is C6H12O5. The molecule has 0 aromatic carbocycles. The van der Waals surface area contributed by atoms with Crippen molar-refractivity contribution in [3.05, 3.63) is 0 Å². The van der Waals surface area contributed by atoms with E-state index in [1.807, 2.05) is 0 Å². The summed E-state index contributed by atoms with van der Waals surface area (Å²) in [6.07, 6.45) is -4.08. The van der Waals surface area contributed by atoms with E-state index in [2.05, 4.69) is 4.74 Å². The lowest BCUT2D eigenvalue weighted by atomic mass is 10.1. The first-order valence-corrected chi connectivity index (χ1v) is 3.35. The van der Waals surface area contributed by atoms with Crippen LogP contribution in [0.5, 0.6) is 0 Å². The van der Waals surface area contributed by atoms with Gasteiger partial charge in [-0.2, -0.15) is 0 Å². The zero-order valence-electron chi connectivity index (χ0n) is 6.17. The second-order valence-corrected chi connectivity index (χ2v) is 2.48. The van der Waals surface area contributed by atoms with E-state index in [1.54, 1.807) is 0 Å². The van der Waals surface area contributed by atoms with Gasteiger partial charge in [0, 0.05) is 7.11 Å². The fourth-order valence-corrected chi connectivity index (χ4v) is 1.03. The number of rotatable bonds is 1. The van der Waals surface area contributed by atoms with E-state index in [9.17, 15) is 5.11 Å². The smallest absolute Gasteiger partial charge is 0.183 e. The van der Waals surface area contributed by atoms with Gasteiger partial charge in [-0.15, -0.1) is 0 Å². The average Bonchev–Trinajstić information content (AvgIpc) is 1.99. The van der Waals surface area contributed by atoms with E-state index in [4.69, 9.17) is 14.9 Å². The third kappa shape index (κ3) is 1.69. The van der Waals surface area contributed by atoms with Gasteiger partial charge in [-0.25, -0.2) is 0 Å². The van der Waals surface area contributed by atoms with Crippen molar-refractivity contribution < 1.29 is 24.8 Å². The lowest BCUT2D eigenvalue weighted by Crippen LogP contribution is -2.53. The van der Waals surface area contributed by atoms with Crippen molar-refractivity contribution >= 4 is 0 Å². The van der Waals surface area contributed by atoms with Gasteiger partial charge in [0.25, 0.3) is 0 Å². The van der Waals surface area contributed by atoms with E-state index < -0.39 is 24.6 Å². The highest BCUT2D eigenvalue weighted by atomic mass is 16.6. The standard InChI is InChI=1S/C6H12O5/c1-10-5-4(8)3(7)2-11-6(5)9/h3-9H,2H2,1H3/t3-,4-,5+,6+/m1/s1. The number of ether oxygens (including phenoxy) is 2. The molecule has 4 atom stereocenters. The molecule has 0 aromatic rings. The first-order chi connectivity index (χ1) is 5.16. The molecule has 0 radical (unpaired) electrons. The summed E-state index contributed by atoms with van der Waals surface area (Å²) in [6, 6.07) is 0. The predicted molar refractivity (Wildman–Crippen MR) is 34.8 cm³/mol. The van der Waals surface area contributed by atoms with Gasteiger partial charge in [-0.3, -0.25) is 0 Å². The molecule has 0 aliphatic carbocycles. The van der Waals surface area contributed by atoms with Crippen molar-refractivity contribution in [2.75, 3.05) is 13.7 Å². The second kappa shape index (κ2) is 3.46. The maximum atomic E-state index is 9.19. The molecule has 0 unspecified atom stereocenters. The van der Waals surface area contributed by atoms with Gasteiger partial charge in [-0.1, -0.05) is 0 Å². The van der Waals surface area contributed by atoms with Crippen LogP contribution < -0.4 is 0 Å². The van der Waals surface area contributed by atoms with E-state index >= 15 is 0 Å². The third-order valence-corrected chi connectivity index (χ3v) is 1.72. The first kappa shape index (κ1) is 8.89. The zero-order valence-corrected chi connectivity index (χ0v) is 6.17. The lowest BCUT2D eigenvalue weighted by Gasteiger charge is -2.34. The Labute approximate surface area is 64.2 Å². The molecule has 0 amide bonds. The molecule has 0 saturated carbocycles. The van der Waals surface area contributed by atoms with Crippen LogP contribution in [0.4, 0.5) is 0 Å². The summed E-state index contributed by atoms with van der Waals surface area (Å²) in [5.74, 6) is 0. The third-order valence-electron chi connectivity index (χ3n) is 1.72. The number of aliphatic hydroxyl groups is 3. The number of hydrogen-bond donors (Lipinski definition) is 3. The minimum absolute atomic E-state index is 0.0673. The molecule has 66 valence electrons. The molecule has 1 aliphatic rings. The highest BCUT2D eigenvalue weighted by Gasteiger charge is 2.37. The quantitative estimate of drug-likeness (QED) is 0.420. The maximum Gasteiger partial charge on any atom is 0.183 e. The van der Waals surface area contributed by atoms with Gasteiger partial charge in [0.1, 0.15) is 18.3 Å². The Kier molecular flexibility index (Phi) is 2.80. The second-order valence-electron chi connectivity index (χ2n) is 2.48. The van der Waals surface area contributed by atoms with Crippen molar-refractivity contribution in [3.8, 4) is 0 Å². The molecular weight excluding hydrogens is 152 g/mol. The summed E-state index contributed by atoms with van der Waals surface area (Å²) in [6.45, 7) is -0.0673. The molecule has 1 aliphatic heterocycles. The number of methoxy groups -OCH3 is 1. The highest BCUT2D eigenvalue weighted by Crippen LogP contribution is 2.15. The van der Waals surface area contributed by atoms with E-state index in [-0.39, 0.29) is 6.61 Å². The van der Waals surface area contributed by atoms with Crippen LogP contribution in [0.25, 0.3) is 0 Å². The van der Waals surface area contributed by atoms with Crippen LogP contribution in [0.1, 0.15) is 0 Å². The van der Waals surface area contributed by atoms with Crippen LogP contribution >= 0.6 is 0 Å². The molecule has 3 N–H and O–H groups in total. The summed E-state index contributed by atoms with van der Waals surface area (Å²) in [5.41, 5.74) is 0. The van der Waals surface area contributed by atoms with Crippen molar-refractivity contribution in [1.82, 2.24) is 0 Å². The van der Waals surface area contributed by atoms with Crippen LogP contribution in [0, 0.1) is 0 Å². The van der Waals surface area contributed by atoms with Gasteiger partial charge in [-0.05, 0) is 0 Å². The molecule has 5 nitrogen and oxygen atoms in total. The van der Waals surface area contributed by atoms with Crippen molar-refractivity contribution in [2.24, 2.45) is 0 Å². The monoisotopic (exact) mass is 164 g/mol. The molecule has 1 saturated heterocycles. The van der Waals surface area contributed by atoms with E-state index in [1.165, 1.54) is 7.11 Å².